The summed E-state index contributed by atoms with van der Waals surface area (Å²) < 4.78 is 1.69. The molecule has 5 heteroatoms. The summed E-state index contributed by atoms with van der Waals surface area (Å²) >= 11 is 0. The predicted octanol–water partition coefficient (Wildman–Crippen LogP) is 0.976. The van der Waals surface area contributed by atoms with Gasteiger partial charge in [-0.3, -0.25) is 9.48 Å². The van der Waals surface area contributed by atoms with Gasteiger partial charge in [0.15, 0.2) is 0 Å². The molecule has 1 aromatic rings. The maximum Gasteiger partial charge on any atom is 0.240 e. The molecule has 1 aromatic heterocycles. The van der Waals surface area contributed by atoms with Crippen LogP contribution in [0.2, 0.25) is 0 Å². The van der Waals surface area contributed by atoms with E-state index < -0.39 is 5.41 Å². The summed E-state index contributed by atoms with van der Waals surface area (Å²) in [5.41, 5.74) is 0.00935. The van der Waals surface area contributed by atoms with Crippen molar-refractivity contribution in [3.8, 4) is 6.07 Å². The molecule has 0 aromatic carbocycles. The van der Waals surface area contributed by atoms with E-state index in [0.717, 1.165) is 5.69 Å². The Morgan fingerprint density at radius 3 is 2.94 bits per heavy atom. The minimum atomic E-state index is -0.797. The molecule has 1 aliphatic carbocycles. The molecule has 90 valence electrons. The molecule has 17 heavy (non-hydrogen) atoms. The van der Waals surface area contributed by atoms with Crippen LogP contribution in [0.3, 0.4) is 0 Å². The molecule has 0 bridgehead atoms. The monoisotopic (exact) mass is 232 g/mol. The zero-order valence-corrected chi connectivity index (χ0v) is 10.1. The Balaban J connectivity index is 1.92. The Morgan fingerprint density at radius 1 is 1.76 bits per heavy atom. The highest BCUT2D eigenvalue weighted by molar-refractivity contribution is 5.86. The van der Waals surface area contributed by atoms with Crippen molar-refractivity contribution in [1.29, 1.82) is 5.26 Å². The molecule has 0 aliphatic heterocycles. The standard InChI is InChI=1S/C12H16N4O/c1-9-5-12(6-9,8-13)11(17)14-7-10-3-4-16(2)15-10/h3-4,9H,5-7H2,1-2H3,(H,14,17). The second kappa shape index (κ2) is 4.21. The summed E-state index contributed by atoms with van der Waals surface area (Å²) in [4.78, 5) is 11.9. The highest BCUT2D eigenvalue weighted by Gasteiger charge is 2.48. The number of carbonyl (C=O) groups is 1. The van der Waals surface area contributed by atoms with Crippen LogP contribution in [0, 0.1) is 22.7 Å². The Kier molecular flexibility index (Phi) is 2.88. The summed E-state index contributed by atoms with van der Waals surface area (Å²) in [6, 6.07) is 4.00. The van der Waals surface area contributed by atoms with Gasteiger partial charge in [0.1, 0.15) is 5.41 Å². The molecule has 1 saturated carbocycles. The van der Waals surface area contributed by atoms with Crippen LogP contribution in [0.15, 0.2) is 12.3 Å². The van der Waals surface area contributed by atoms with Crippen LogP contribution in [0.25, 0.3) is 0 Å². The molecule has 5 nitrogen and oxygen atoms in total. The number of aryl methyl sites for hydroxylation is 1. The highest BCUT2D eigenvalue weighted by Crippen LogP contribution is 2.45. The third kappa shape index (κ3) is 2.16. The molecule has 1 aliphatic rings. The predicted molar refractivity (Wildman–Crippen MR) is 61.5 cm³/mol. The molecule has 1 amide bonds. The molecule has 0 atom stereocenters. The number of nitrogens with zero attached hydrogens (tertiary/aromatic N) is 3. The molecular formula is C12H16N4O. The van der Waals surface area contributed by atoms with E-state index in [4.69, 9.17) is 5.26 Å². The first-order valence-corrected chi connectivity index (χ1v) is 5.74. The van der Waals surface area contributed by atoms with Gasteiger partial charge in [-0.1, -0.05) is 6.92 Å². The van der Waals surface area contributed by atoms with Crippen LogP contribution in [-0.4, -0.2) is 15.7 Å². The van der Waals surface area contributed by atoms with Gasteiger partial charge in [-0.15, -0.1) is 0 Å². The van der Waals surface area contributed by atoms with Crippen molar-refractivity contribution in [2.24, 2.45) is 18.4 Å². The van der Waals surface area contributed by atoms with E-state index in [1.165, 1.54) is 0 Å². The summed E-state index contributed by atoms with van der Waals surface area (Å²) in [6.07, 6.45) is 3.15. The van der Waals surface area contributed by atoms with Crippen molar-refractivity contribution in [3.63, 3.8) is 0 Å². The van der Waals surface area contributed by atoms with Gasteiger partial charge in [0.05, 0.1) is 18.3 Å². The molecule has 1 N–H and O–H groups in total. The van der Waals surface area contributed by atoms with E-state index in [1.807, 2.05) is 19.3 Å². The van der Waals surface area contributed by atoms with Gasteiger partial charge in [0, 0.05) is 13.2 Å². The fourth-order valence-electron chi connectivity index (χ4n) is 2.35. The van der Waals surface area contributed by atoms with Crippen LogP contribution < -0.4 is 5.32 Å². The number of aromatic nitrogens is 2. The van der Waals surface area contributed by atoms with Gasteiger partial charge in [0.2, 0.25) is 5.91 Å². The Hall–Kier alpha value is -1.83. The van der Waals surface area contributed by atoms with E-state index in [9.17, 15) is 4.79 Å². The van der Waals surface area contributed by atoms with Crippen molar-refractivity contribution in [2.45, 2.75) is 26.3 Å². The number of carbonyl (C=O) groups excluding carboxylic acids is 1. The summed E-state index contributed by atoms with van der Waals surface area (Å²) in [7, 11) is 1.83. The van der Waals surface area contributed by atoms with E-state index in [-0.39, 0.29) is 5.91 Å². The second-order valence-corrected chi connectivity index (χ2v) is 4.87. The van der Waals surface area contributed by atoms with Crippen molar-refractivity contribution in [1.82, 2.24) is 15.1 Å². The van der Waals surface area contributed by atoms with Crippen LogP contribution >= 0.6 is 0 Å². The van der Waals surface area contributed by atoms with E-state index in [2.05, 4.69) is 23.4 Å². The lowest BCUT2D eigenvalue weighted by atomic mass is 9.63. The van der Waals surface area contributed by atoms with Gasteiger partial charge in [-0.25, -0.2) is 0 Å². The van der Waals surface area contributed by atoms with Gasteiger partial charge >= 0.3 is 0 Å². The van der Waals surface area contributed by atoms with Gasteiger partial charge < -0.3 is 5.32 Å². The van der Waals surface area contributed by atoms with Crippen LogP contribution in [0.4, 0.5) is 0 Å². The maximum atomic E-state index is 11.9. The maximum absolute atomic E-state index is 11.9. The normalized spacial score (nSPS) is 27.0. The van der Waals surface area contributed by atoms with Gasteiger partial charge in [-0.2, -0.15) is 10.4 Å². The third-order valence-corrected chi connectivity index (χ3v) is 3.24. The lowest BCUT2D eigenvalue weighted by molar-refractivity contribution is -0.134. The van der Waals surface area contributed by atoms with Crippen LogP contribution in [-0.2, 0) is 18.4 Å². The second-order valence-electron chi connectivity index (χ2n) is 4.87. The average molecular weight is 232 g/mol. The molecule has 0 spiro atoms. The third-order valence-electron chi connectivity index (χ3n) is 3.24. The minimum absolute atomic E-state index is 0.163. The zero-order valence-electron chi connectivity index (χ0n) is 10.1. The molecule has 2 rings (SSSR count). The number of rotatable bonds is 3. The number of amides is 1. The first-order valence-electron chi connectivity index (χ1n) is 5.74. The smallest absolute Gasteiger partial charge is 0.240 e. The van der Waals surface area contributed by atoms with Crippen molar-refractivity contribution in [3.05, 3.63) is 18.0 Å². The number of nitriles is 1. The Bertz CT molecular complexity index is 465. The number of nitrogens with one attached hydrogen (secondary N) is 1. The summed E-state index contributed by atoms with van der Waals surface area (Å²) in [5.74, 6) is 0.305. The zero-order chi connectivity index (χ0) is 12.5. The number of hydrogen-bond donors (Lipinski definition) is 1. The van der Waals surface area contributed by atoms with E-state index >= 15 is 0 Å². The molecule has 1 heterocycles. The Labute approximate surface area is 100 Å². The van der Waals surface area contributed by atoms with E-state index in [1.54, 1.807) is 4.68 Å². The topological polar surface area (TPSA) is 70.7 Å². The first kappa shape index (κ1) is 11.6. The van der Waals surface area contributed by atoms with Gasteiger partial charge in [-0.05, 0) is 24.8 Å². The SMILES string of the molecule is CC1CC(C#N)(C(=O)NCc2ccn(C)n2)C1. The van der Waals surface area contributed by atoms with Crippen molar-refractivity contribution in [2.75, 3.05) is 0 Å². The van der Waals surface area contributed by atoms with Gasteiger partial charge in [0.25, 0.3) is 0 Å². The fourth-order valence-corrected chi connectivity index (χ4v) is 2.35. The lowest BCUT2D eigenvalue weighted by Gasteiger charge is -2.39. The van der Waals surface area contributed by atoms with Crippen LogP contribution in [0.5, 0.6) is 0 Å². The Morgan fingerprint density at radius 2 is 2.47 bits per heavy atom. The first-order chi connectivity index (χ1) is 8.05. The molecule has 0 saturated heterocycles. The van der Waals surface area contributed by atoms with Crippen molar-refractivity contribution >= 4 is 5.91 Å². The molecule has 1 fully saturated rings. The largest absolute Gasteiger partial charge is 0.349 e. The highest BCUT2D eigenvalue weighted by atomic mass is 16.2. The number of hydrogen-bond acceptors (Lipinski definition) is 3. The molecule has 0 radical (unpaired) electrons. The average Bonchev–Trinajstić information content (AvgIpc) is 2.67. The summed E-state index contributed by atoms with van der Waals surface area (Å²) in [6.45, 7) is 2.44. The quantitative estimate of drug-likeness (QED) is 0.844. The fraction of sp³-hybridized carbons (Fsp3) is 0.583. The van der Waals surface area contributed by atoms with Crippen molar-refractivity contribution < 1.29 is 4.79 Å². The minimum Gasteiger partial charge on any atom is -0.349 e. The van der Waals surface area contributed by atoms with E-state index in [0.29, 0.717) is 25.3 Å². The molecular weight excluding hydrogens is 216 g/mol. The van der Waals surface area contributed by atoms with Crippen LogP contribution in [0.1, 0.15) is 25.5 Å². The summed E-state index contributed by atoms with van der Waals surface area (Å²) in [5, 5.41) is 16.1. The lowest BCUT2D eigenvalue weighted by Crippen LogP contribution is -2.47. The molecule has 0 unspecified atom stereocenters.